The number of aryl methyl sites for hydroxylation is 1. The molecule has 2 N–H and O–H groups in total. The van der Waals surface area contributed by atoms with Gasteiger partial charge < -0.3 is 10.6 Å². The number of anilines is 3. The molecule has 1 aliphatic carbocycles. The zero-order valence-electron chi connectivity index (χ0n) is 15.8. The number of rotatable bonds is 5. The summed E-state index contributed by atoms with van der Waals surface area (Å²) in [5.74, 6) is 0.543. The smallest absolute Gasteiger partial charge is 0.351 e. The van der Waals surface area contributed by atoms with Crippen molar-refractivity contribution in [2.24, 2.45) is 0 Å². The molecule has 0 atom stereocenters. The van der Waals surface area contributed by atoms with Crippen LogP contribution in [0.15, 0.2) is 24.3 Å². The second-order valence-corrected chi connectivity index (χ2v) is 7.44. The molecule has 0 saturated heterocycles. The van der Waals surface area contributed by atoms with E-state index in [9.17, 15) is 13.2 Å². The van der Waals surface area contributed by atoms with Crippen LogP contribution in [0.2, 0.25) is 0 Å². The molecule has 27 heavy (non-hydrogen) atoms. The normalized spacial score (nSPS) is 15.4. The lowest BCUT2D eigenvalue weighted by Crippen LogP contribution is -2.19. The molecule has 1 aliphatic rings. The van der Waals surface area contributed by atoms with Crippen LogP contribution in [0.4, 0.5) is 30.6 Å². The molecule has 0 unspecified atom stereocenters. The van der Waals surface area contributed by atoms with E-state index in [1.807, 2.05) is 25.1 Å². The molecule has 0 amide bonds. The van der Waals surface area contributed by atoms with E-state index in [0.29, 0.717) is 11.6 Å². The number of nitrogens with one attached hydrogen (secondary N) is 2. The Morgan fingerprint density at radius 3 is 2.37 bits per heavy atom. The molecule has 1 heterocycles. The highest BCUT2D eigenvalue weighted by molar-refractivity contribution is 5.60. The minimum atomic E-state index is -4.52. The van der Waals surface area contributed by atoms with Gasteiger partial charge in [-0.2, -0.15) is 18.2 Å². The van der Waals surface area contributed by atoms with E-state index in [4.69, 9.17) is 0 Å². The van der Waals surface area contributed by atoms with E-state index in [0.717, 1.165) is 37.3 Å². The summed E-state index contributed by atoms with van der Waals surface area (Å²) in [5, 5.41) is 6.05. The highest BCUT2D eigenvalue weighted by Gasteiger charge is 2.34. The quantitative estimate of drug-likeness (QED) is 0.667. The molecule has 2 aromatic rings. The van der Waals surface area contributed by atoms with Crippen LogP contribution in [0.25, 0.3) is 0 Å². The maximum absolute atomic E-state index is 13.3. The number of alkyl halides is 3. The van der Waals surface area contributed by atoms with Gasteiger partial charge in [-0.3, -0.25) is 0 Å². The summed E-state index contributed by atoms with van der Waals surface area (Å²) in [5.41, 5.74) is 2.05. The molecular formula is C20H25F3N4. The number of benzene rings is 1. The Kier molecular flexibility index (Phi) is 5.58. The van der Waals surface area contributed by atoms with E-state index in [2.05, 4.69) is 34.4 Å². The molecule has 146 valence electrons. The second kappa shape index (κ2) is 7.74. The van der Waals surface area contributed by atoms with E-state index in [1.54, 1.807) is 0 Å². The number of hydrogen-bond donors (Lipinski definition) is 2. The van der Waals surface area contributed by atoms with Crippen LogP contribution in [-0.4, -0.2) is 16.0 Å². The Labute approximate surface area is 157 Å². The Morgan fingerprint density at radius 1 is 1.07 bits per heavy atom. The standard InChI is InChI=1S/C20H25F3N4/c1-12(2)16-9-8-15(10-13(16)3)24-18-11-17(20(21,22)23)26-19(27-18)25-14-6-4-5-7-14/h8-12,14H,4-7H2,1-3H3,(H2,24,25,26,27). The van der Waals surface area contributed by atoms with Crippen molar-refractivity contribution < 1.29 is 13.2 Å². The summed E-state index contributed by atoms with van der Waals surface area (Å²) < 4.78 is 39.8. The van der Waals surface area contributed by atoms with E-state index >= 15 is 0 Å². The maximum atomic E-state index is 13.3. The topological polar surface area (TPSA) is 49.8 Å². The van der Waals surface area contributed by atoms with Crippen LogP contribution in [-0.2, 0) is 6.18 Å². The summed E-state index contributed by atoms with van der Waals surface area (Å²) in [6.45, 7) is 6.21. The van der Waals surface area contributed by atoms with E-state index < -0.39 is 11.9 Å². The molecular weight excluding hydrogens is 353 g/mol. The Balaban J connectivity index is 1.88. The van der Waals surface area contributed by atoms with Crippen LogP contribution >= 0.6 is 0 Å². The minimum absolute atomic E-state index is 0.0229. The molecule has 3 rings (SSSR count). The van der Waals surface area contributed by atoms with Gasteiger partial charge >= 0.3 is 6.18 Å². The average Bonchev–Trinajstić information content (AvgIpc) is 3.06. The van der Waals surface area contributed by atoms with Gasteiger partial charge in [0.05, 0.1) is 0 Å². The van der Waals surface area contributed by atoms with Crippen molar-refractivity contribution in [2.75, 3.05) is 10.6 Å². The van der Waals surface area contributed by atoms with Gasteiger partial charge in [-0.25, -0.2) is 4.98 Å². The highest BCUT2D eigenvalue weighted by atomic mass is 19.4. The van der Waals surface area contributed by atoms with Gasteiger partial charge in [0.15, 0.2) is 5.69 Å². The van der Waals surface area contributed by atoms with E-state index in [-0.39, 0.29) is 17.8 Å². The highest BCUT2D eigenvalue weighted by Crippen LogP contribution is 2.32. The molecule has 1 fully saturated rings. The molecule has 1 aromatic carbocycles. The van der Waals surface area contributed by atoms with Gasteiger partial charge in [0.25, 0.3) is 0 Å². The van der Waals surface area contributed by atoms with Crippen molar-refractivity contribution >= 4 is 17.5 Å². The zero-order valence-corrected chi connectivity index (χ0v) is 15.8. The lowest BCUT2D eigenvalue weighted by Gasteiger charge is -2.16. The monoisotopic (exact) mass is 378 g/mol. The van der Waals surface area contributed by atoms with Crippen molar-refractivity contribution in [3.63, 3.8) is 0 Å². The first-order valence-electron chi connectivity index (χ1n) is 9.33. The van der Waals surface area contributed by atoms with Crippen molar-refractivity contribution in [3.05, 3.63) is 41.1 Å². The molecule has 0 radical (unpaired) electrons. The predicted molar refractivity (Wildman–Crippen MR) is 101 cm³/mol. The van der Waals surface area contributed by atoms with Gasteiger partial charge in [0, 0.05) is 17.8 Å². The molecule has 7 heteroatoms. The zero-order chi connectivity index (χ0) is 19.6. The van der Waals surface area contributed by atoms with Gasteiger partial charge in [-0.1, -0.05) is 32.8 Å². The summed E-state index contributed by atoms with van der Waals surface area (Å²) in [4.78, 5) is 7.94. The fourth-order valence-electron chi connectivity index (χ4n) is 3.52. The lowest BCUT2D eigenvalue weighted by molar-refractivity contribution is -0.141. The SMILES string of the molecule is Cc1cc(Nc2cc(C(F)(F)F)nc(NC3CCCC3)n2)ccc1C(C)C. The maximum Gasteiger partial charge on any atom is 0.433 e. The van der Waals surface area contributed by atoms with Crippen LogP contribution in [0.3, 0.4) is 0 Å². The molecule has 1 aromatic heterocycles. The number of halogens is 3. The Morgan fingerprint density at radius 2 is 1.78 bits per heavy atom. The largest absolute Gasteiger partial charge is 0.433 e. The van der Waals surface area contributed by atoms with Gasteiger partial charge in [-0.15, -0.1) is 0 Å². The van der Waals surface area contributed by atoms with Crippen LogP contribution in [0, 0.1) is 6.92 Å². The Bertz CT molecular complexity index is 796. The van der Waals surface area contributed by atoms with Gasteiger partial charge in [0.2, 0.25) is 5.95 Å². The van der Waals surface area contributed by atoms with Crippen LogP contribution < -0.4 is 10.6 Å². The van der Waals surface area contributed by atoms with Gasteiger partial charge in [0.1, 0.15) is 5.82 Å². The summed E-state index contributed by atoms with van der Waals surface area (Å²) in [6.07, 6.45) is -0.522. The lowest BCUT2D eigenvalue weighted by atomic mass is 9.98. The third kappa shape index (κ3) is 4.90. The molecule has 0 aliphatic heterocycles. The fraction of sp³-hybridized carbons (Fsp3) is 0.500. The minimum Gasteiger partial charge on any atom is -0.351 e. The predicted octanol–water partition coefficient (Wildman–Crippen LogP) is 6.03. The van der Waals surface area contributed by atoms with Crippen LogP contribution in [0.5, 0.6) is 0 Å². The Hall–Kier alpha value is -2.31. The third-order valence-electron chi connectivity index (χ3n) is 4.87. The van der Waals surface area contributed by atoms with Crippen molar-refractivity contribution in [3.8, 4) is 0 Å². The number of aromatic nitrogens is 2. The van der Waals surface area contributed by atoms with E-state index in [1.165, 1.54) is 5.56 Å². The summed E-state index contributed by atoms with van der Waals surface area (Å²) in [6, 6.07) is 6.86. The third-order valence-corrected chi connectivity index (χ3v) is 4.87. The molecule has 0 bridgehead atoms. The first-order valence-corrected chi connectivity index (χ1v) is 9.33. The fourth-order valence-corrected chi connectivity index (χ4v) is 3.52. The number of nitrogens with zero attached hydrogens (tertiary/aromatic N) is 2. The first-order chi connectivity index (χ1) is 12.7. The molecule has 4 nitrogen and oxygen atoms in total. The summed E-state index contributed by atoms with van der Waals surface area (Å²) >= 11 is 0. The molecule has 1 saturated carbocycles. The summed E-state index contributed by atoms with van der Waals surface area (Å²) in [7, 11) is 0. The van der Waals surface area contributed by atoms with Gasteiger partial charge in [-0.05, 0) is 48.9 Å². The number of hydrogen-bond acceptors (Lipinski definition) is 4. The first kappa shape index (κ1) is 19.5. The van der Waals surface area contributed by atoms with Crippen molar-refractivity contribution in [1.82, 2.24) is 9.97 Å². The van der Waals surface area contributed by atoms with Crippen molar-refractivity contribution in [2.45, 2.75) is 64.6 Å². The van der Waals surface area contributed by atoms with Crippen molar-refractivity contribution in [1.29, 1.82) is 0 Å². The molecule has 0 spiro atoms. The second-order valence-electron chi connectivity index (χ2n) is 7.44. The average molecular weight is 378 g/mol. The van der Waals surface area contributed by atoms with Crippen LogP contribution in [0.1, 0.15) is 62.3 Å².